The van der Waals surface area contributed by atoms with Gasteiger partial charge >= 0.3 is 6.09 Å². The van der Waals surface area contributed by atoms with Gasteiger partial charge in [-0.3, -0.25) is 4.79 Å². The third-order valence-electron chi connectivity index (χ3n) is 5.60. The largest absolute Gasteiger partial charge is 0.444 e. The van der Waals surface area contributed by atoms with E-state index < -0.39 is 17.7 Å². The van der Waals surface area contributed by atoms with Crippen LogP contribution in [0.3, 0.4) is 0 Å². The lowest BCUT2D eigenvalue weighted by atomic mass is 9.93. The van der Waals surface area contributed by atoms with Gasteiger partial charge in [-0.2, -0.15) is 0 Å². The molecule has 1 aliphatic carbocycles. The smallest absolute Gasteiger partial charge is 0.408 e. The number of alkyl carbamates (subject to hydrolysis) is 1. The van der Waals surface area contributed by atoms with Gasteiger partial charge in [0, 0.05) is 17.0 Å². The zero-order chi connectivity index (χ0) is 22.9. The summed E-state index contributed by atoms with van der Waals surface area (Å²) in [5.41, 5.74) is 0.633. The highest BCUT2D eigenvalue weighted by Gasteiger charge is 2.37. The van der Waals surface area contributed by atoms with Gasteiger partial charge in [0.2, 0.25) is 5.78 Å². The Bertz CT molecular complexity index is 991. The minimum atomic E-state index is -0.753. The van der Waals surface area contributed by atoms with Crippen LogP contribution in [0.25, 0.3) is 10.4 Å². The lowest BCUT2D eigenvalue weighted by Crippen LogP contribution is -2.56. The van der Waals surface area contributed by atoms with Crippen molar-refractivity contribution >= 4 is 34.8 Å². The minimum absolute atomic E-state index is 0.165. The fourth-order valence-electron chi connectivity index (χ4n) is 3.93. The van der Waals surface area contributed by atoms with Crippen molar-refractivity contribution in [2.45, 2.75) is 76.5 Å². The first-order chi connectivity index (χ1) is 15.2. The number of benzene rings is 1. The second-order valence-corrected chi connectivity index (χ2v) is 11.0. The van der Waals surface area contributed by atoms with E-state index in [9.17, 15) is 9.59 Å². The normalized spacial score (nSPS) is 19.9. The van der Waals surface area contributed by atoms with Crippen LogP contribution in [0, 0.1) is 0 Å². The van der Waals surface area contributed by atoms with Crippen molar-refractivity contribution in [1.82, 2.24) is 15.6 Å². The number of aromatic nitrogens is 1. The van der Waals surface area contributed by atoms with Gasteiger partial charge in [0.05, 0.1) is 9.88 Å². The first kappa shape index (κ1) is 23.2. The van der Waals surface area contributed by atoms with Crippen molar-refractivity contribution in [2.24, 2.45) is 0 Å². The van der Waals surface area contributed by atoms with E-state index in [1.165, 1.54) is 0 Å². The monoisotopic (exact) mass is 475 g/mol. The maximum Gasteiger partial charge on any atom is 0.408 e. The van der Waals surface area contributed by atoms with Crippen LogP contribution in [0.5, 0.6) is 0 Å². The van der Waals surface area contributed by atoms with E-state index in [-0.39, 0.29) is 11.8 Å². The van der Waals surface area contributed by atoms with Gasteiger partial charge in [-0.25, -0.2) is 9.78 Å². The Kier molecular flexibility index (Phi) is 6.89. The average molecular weight is 476 g/mol. The van der Waals surface area contributed by atoms with Gasteiger partial charge in [0.25, 0.3) is 0 Å². The summed E-state index contributed by atoms with van der Waals surface area (Å²) in [5.74, 6) is 0.234. The van der Waals surface area contributed by atoms with E-state index in [1.807, 2.05) is 45.0 Å². The summed E-state index contributed by atoms with van der Waals surface area (Å²) in [5, 5.41) is 7.86. The molecule has 2 atom stereocenters. The molecule has 4 rings (SSSR count). The Morgan fingerprint density at radius 1 is 1.25 bits per heavy atom. The third kappa shape index (κ3) is 5.69. The van der Waals surface area contributed by atoms with E-state index in [2.05, 4.69) is 10.6 Å². The number of hydrogen-bond acceptors (Lipinski definition) is 6. The summed E-state index contributed by atoms with van der Waals surface area (Å²) in [6.45, 7) is 6.24. The van der Waals surface area contributed by atoms with Crippen molar-refractivity contribution in [3.05, 3.63) is 40.0 Å². The summed E-state index contributed by atoms with van der Waals surface area (Å²) in [4.78, 5) is 32.1. The number of rotatable bonds is 6. The van der Waals surface area contributed by atoms with Crippen molar-refractivity contribution in [3.8, 4) is 10.4 Å². The van der Waals surface area contributed by atoms with Crippen molar-refractivity contribution in [1.29, 1.82) is 0 Å². The molecule has 1 aliphatic heterocycles. The van der Waals surface area contributed by atoms with Gasteiger partial charge in [0.1, 0.15) is 17.3 Å². The molecule has 2 aliphatic rings. The fourth-order valence-corrected chi connectivity index (χ4v) is 5.35. The predicted octanol–water partition coefficient (Wildman–Crippen LogP) is 5.56. The van der Waals surface area contributed by atoms with Crippen LogP contribution >= 0.6 is 22.9 Å². The molecule has 1 aromatic carbocycles. The van der Waals surface area contributed by atoms with Crippen molar-refractivity contribution in [2.75, 3.05) is 6.54 Å². The number of halogens is 1. The molecule has 1 saturated heterocycles. The standard InChI is InChI=1S/C24H30ClN3O3S/c1-24(2,3)31-23(30)28-18(17-9-4-5-12-26-17)20(29)19-21(15-7-6-8-16(25)13-15)32-22(27-19)14-10-11-14/h6-8,13-14,17-18,26H,4-5,9-12H2,1-3H3,(H,28,30). The molecule has 2 unspecified atom stereocenters. The second-order valence-electron chi connectivity index (χ2n) is 9.56. The van der Waals surface area contributed by atoms with Gasteiger partial charge in [0.15, 0.2) is 0 Å². The number of piperidine rings is 1. The summed E-state index contributed by atoms with van der Waals surface area (Å²) < 4.78 is 5.46. The van der Waals surface area contributed by atoms with E-state index in [4.69, 9.17) is 21.3 Å². The van der Waals surface area contributed by atoms with E-state index >= 15 is 0 Å². The SMILES string of the molecule is CC(C)(C)OC(=O)NC(C(=O)c1nc(C2CC2)sc1-c1cccc(Cl)c1)C1CCCCN1. The number of Topliss-reactive ketones (excluding diaryl/α,β-unsaturated/α-hetero) is 1. The maximum absolute atomic E-state index is 13.9. The zero-order valence-corrected chi connectivity index (χ0v) is 20.3. The van der Waals surface area contributed by atoms with Gasteiger partial charge < -0.3 is 15.4 Å². The summed E-state index contributed by atoms with van der Waals surface area (Å²) in [6.07, 6.45) is 4.46. The number of ketones is 1. The van der Waals surface area contributed by atoms with Crippen LogP contribution in [-0.2, 0) is 4.74 Å². The number of thiazole rings is 1. The van der Waals surface area contributed by atoms with Crippen LogP contribution in [0.15, 0.2) is 24.3 Å². The highest BCUT2D eigenvalue weighted by Crippen LogP contribution is 2.45. The Morgan fingerprint density at radius 3 is 2.66 bits per heavy atom. The lowest BCUT2D eigenvalue weighted by Gasteiger charge is -2.31. The Morgan fingerprint density at radius 2 is 2.03 bits per heavy atom. The van der Waals surface area contributed by atoms with E-state index in [1.54, 1.807) is 11.3 Å². The number of nitrogens with zero attached hydrogens (tertiary/aromatic N) is 1. The van der Waals surface area contributed by atoms with Gasteiger partial charge in [-0.1, -0.05) is 30.2 Å². The topological polar surface area (TPSA) is 80.3 Å². The molecule has 6 nitrogen and oxygen atoms in total. The highest BCUT2D eigenvalue weighted by atomic mass is 35.5. The third-order valence-corrected chi connectivity index (χ3v) is 7.10. The average Bonchev–Trinajstić information content (AvgIpc) is 3.49. The quantitative estimate of drug-likeness (QED) is 0.534. The van der Waals surface area contributed by atoms with Crippen LogP contribution < -0.4 is 10.6 Å². The second kappa shape index (κ2) is 9.49. The maximum atomic E-state index is 13.9. The first-order valence-electron chi connectivity index (χ1n) is 11.2. The number of carbonyl (C=O) groups excluding carboxylic acids is 2. The zero-order valence-electron chi connectivity index (χ0n) is 18.7. The van der Waals surface area contributed by atoms with Crippen LogP contribution in [-0.4, -0.2) is 41.1 Å². The number of hydrogen-bond donors (Lipinski definition) is 2. The molecule has 0 spiro atoms. The highest BCUT2D eigenvalue weighted by molar-refractivity contribution is 7.15. The molecule has 2 heterocycles. The molecule has 172 valence electrons. The van der Waals surface area contributed by atoms with Gasteiger partial charge in [-0.15, -0.1) is 11.3 Å². The number of carbonyl (C=O) groups is 2. The molecule has 0 bridgehead atoms. The molecule has 1 amide bonds. The molecule has 8 heteroatoms. The molecule has 2 aromatic rings. The molecular weight excluding hydrogens is 446 g/mol. The summed E-state index contributed by atoms with van der Waals surface area (Å²) in [7, 11) is 0. The summed E-state index contributed by atoms with van der Waals surface area (Å²) >= 11 is 7.80. The summed E-state index contributed by atoms with van der Waals surface area (Å²) in [6, 6.07) is 6.58. The Hall–Kier alpha value is -1.96. The molecule has 1 saturated carbocycles. The molecular formula is C24H30ClN3O3S. The number of amides is 1. The molecule has 0 radical (unpaired) electrons. The van der Waals surface area contributed by atoms with Crippen LogP contribution in [0.1, 0.15) is 74.3 Å². The number of nitrogens with one attached hydrogen (secondary N) is 2. The van der Waals surface area contributed by atoms with E-state index in [0.717, 1.165) is 54.1 Å². The van der Waals surface area contributed by atoms with Crippen molar-refractivity contribution < 1.29 is 14.3 Å². The van der Waals surface area contributed by atoms with Crippen molar-refractivity contribution in [3.63, 3.8) is 0 Å². The first-order valence-corrected chi connectivity index (χ1v) is 12.4. The Balaban J connectivity index is 1.68. The molecule has 1 aromatic heterocycles. The lowest BCUT2D eigenvalue weighted by molar-refractivity contribution is 0.0473. The minimum Gasteiger partial charge on any atom is -0.444 e. The van der Waals surface area contributed by atoms with Crippen LogP contribution in [0.4, 0.5) is 4.79 Å². The van der Waals surface area contributed by atoms with Crippen LogP contribution in [0.2, 0.25) is 5.02 Å². The molecule has 32 heavy (non-hydrogen) atoms. The number of ether oxygens (including phenoxy) is 1. The Labute approximate surface area is 198 Å². The fraction of sp³-hybridized carbons (Fsp3) is 0.542. The van der Waals surface area contributed by atoms with Gasteiger partial charge in [-0.05, 0) is 70.7 Å². The predicted molar refractivity (Wildman–Crippen MR) is 128 cm³/mol. The van der Waals surface area contributed by atoms with E-state index in [0.29, 0.717) is 16.6 Å². The molecule has 2 N–H and O–H groups in total. The molecule has 2 fully saturated rings.